The summed E-state index contributed by atoms with van der Waals surface area (Å²) in [7, 11) is 0. The second kappa shape index (κ2) is 8.17. The number of hydrogen-bond donors (Lipinski definition) is 1. The number of carbonyl (C=O) groups is 2. The lowest BCUT2D eigenvalue weighted by molar-refractivity contribution is -0.117. The predicted octanol–water partition coefficient (Wildman–Crippen LogP) is 4.01. The number of primary amides is 1. The molecule has 1 heterocycles. The molecule has 0 bridgehead atoms. The number of amides is 2. The number of halogens is 2. The first-order valence-electron chi connectivity index (χ1n) is 7.85. The molecule has 2 aromatic rings. The van der Waals surface area contributed by atoms with E-state index in [2.05, 4.69) is 15.9 Å². The normalized spacial score (nSPS) is 18.3. The summed E-state index contributed by atoms with van der Waals surface area (Å²) in [6.07, 6.45) is 0.439. The van der Waals surface area contributed by atoms with Gasteiger partial charge in [0.1, 0.15) is 16.7 Å². The number of thioether (sulfide) groups is 1. The molecular formula is C19H13BrClN3O2S. The van der Waals surface area contributed by atoms with E-state index in [4.69, 9.17) is 17.3 Å². The Morgan fingerprint density at radius 1 is 1.22 bits per heavy atom. The molecule has 1 fully saturated rings. The van der Waals surface area contributed by atoms with Crippen LogP contribution in [0, 0.1) is 11.3 Å². The van der Waals surface area contributed by atoms with Crippen molar-refractivity contribution < 1.29 is 9.59 Å². The molecule has 8 heteroatoms. The summed E-state index contributed by atoms with van der Waals surface area (Å²) in [5.74, 6) is -1.07. The van der Waals surface area contributed by atoms with Crippen molar-refractivity contribution in [2.45, 2.75) is 11.7 Å². The number of nitrogens with zero attached hydrogens (tertiary/aromatic N) is 2. The summed E-state index contributed by atoms with van der Waals surface area (Å²) >= 11 is 10.4. The van der Waals surface area contributed by atoms with Gasteiger partial charge in [0.05, 0.1) is 5.25 Å². The van der Waals surface area contributed by atoms with Gasteiger partial charge in [-0.05, 0) is 48.4 Å². The highest BCUT2D eigenvalue weighted by atomic mass is 79.9. The Bertz CT molecular complexity index is 968. The van der Waals surface area contributed by atoms with Gasteiger partial charge in [-0.25, -0.2) is 0 Å². The summed E-state index contributed by atoms with van der Waals surface area (Å²) in [5.41, 5.74) is 6.63. The SMILES string of the molecule is N#CC(C(N)=O)=C1SC(Cc2ccc(Cl)cc2)C(=O)N1c1ccc(Br)cc1. The van der Waals surface area contributed by atoms with Crippen LogP contribution in [0.1, 0.15) is 5.56 Å². The third-order valence-electron chi connectivity index (χ3n) is 3.94. The van der Waals surface area contributed by atoms with Crippen LogP contribution < -0.4 is 10.6 Å². The molecule has 0 radical (unpaired) electrons. The van der Waals surface area contributed by atoms with E-state index in [0.29, 0.717) is 17.1 Å². The molecule has 3 rings (SSSR count). The van der Waals surface area contributed by atoms with Crippen LogP contribution in [0.15, 0.2) is 63.6 Å². The summed E-state index contributed by atoms with van der Waals surface area (Å²) in [5, 5.41) is 9.77. The third-order valence-corrected chi connectivity index (χ3v) is 5.99. The minimum atomic E-state index is -0.859. The van der Waals surface area contributed by atoms with E-state index in [1.807, 2.05) is 18.2 Å². The van der Waals surface area contributed by atoms with Gasteiger partial charge in [-0.3, -0.25) is 14.5 Å². The van der Waals surface area contributed by atoms with Gasteiger partial charge in [0.25, 0.3) is 5.91 Å². The molecule has 1 saturated heterocycles. The molecule has 0 saturated carbocycles. The van der Waals surface area contributed by atoms with Gasteiger partial charge in [0, 0.05) is 15.2 Å². The number of hydrogen-bond acceptors (Lipinski definition) is 4. The zero-order valence-corrected chi connectivity index (χ0v) is 17.0. The number of rotatable bonds is 4. The first-order chi connectivity index (χ1) is 12.9. The molecule has 5 nitrogen and oxygen atoms in total. The summed E-state index contributed by atoms with van der Waals surface area (Å²) in [4.78, 5) is 26.2. The maximum Gasteiger partial charge on any atom is 0.262 e. The van der Waals surface area contributed by atoms with Crippen LogP contribution in [-0.2, 0) is 16.0 Å². The topological polar surface area (TPSA) is 87.2 Å². The molecule has 2 aromatic carbocycles. The highest BCUT2D eigenvalue weighted by molar-refractivity contribution is 9.10. The Morgan fingerprint density at radius 2 is 1.85 bits per heavy atom. The molecule has 1 aliphatic rings. The van der Waals surface area contributed by atoms with Crippen molar-refractivity contribution in [2.24, 2.45) is 5.73 Å². The number of anilines is 1. The summed E-state index contributed by atoms with van der Waals surface area (Å²) in [6.45, 7) is 0. The second-order valence-corrected chi connectivity index (χ2v) is 8.29. The highest BCUT2D eigenvalue weighted by Crippen LogP contribution is 2.42. The molecule has 136 valence electrons. The van der Waals surface area contributed by atoms with Gasteiger partial charge in [-0.15, -0.1) is 0 Å². The zero-order chi connectivity index (χ0) is 19.6. The van der Waals surface area contributed by atoms with Gasteiger partial charge >= 0.3 is 0 Å². The van der Waals surface area contributed by atoms with E-state index >= 15 is 0 Å². The fourth-order valence-electron chi connectivity index (χ4n) is 2.66. The lowest BCUT2D eigenvalue weighted by Crippen LogP contribution is -2.31. The Balaban J connectivity index is 2.01. The van der Waals surface area contributed by atoms with E-state index in [9.17, 15) is 14.9 Å². The average Bonchev–Trinajstić information content (AvgIpc) is 2.94. The summed E-state index contributed by atoms with van der Waals surface area (Å²) in [6, 6.07) is 16.1. The lowest BCUT2D eigenvalue weighted by Gasteiger charge is -2.18. The van der Waals surface area contributed by atoms with Crippen molar-refractivity contribution in [2.75, 3.05) is 4.90 Å². The van der Waals surface area contributed by atoms with Crippen LogP contribution in [0.5, 0.6) is 0 Å². The fourth-order valence-corrected chi connectivity index (χ4v) is 4.37. The lowest BCUT2D eigenvalue weighted by atomic mass is 10.1. The minimum absolute atomic E-state index is 0.207. The van der Waals surface area contributed by atoms with Crippen LogP contribution in [0.4, 0.5) is 5.69 Å². The van der Waals surface area contributed by atoms with Crippen LogP contribution >= 0.6 is 39.3 Å². The average molecular weight is 463 g/mol. The fraction of sp³-hybridized carbons (Fsp3) is 0.105. The van der Waals surface area contributed by atoms with Crippen molar-refractivity contribution in [1.82, 2.24) is 0 Å². The number of carbonyl (C=O) groups excluding carboxylic acids is 2. The van der Waals surface area contributed by atoms with Gasteiger partial charge in [0.15, 0.2) is 0 Å². The van der Waals surface area contributed by atoms with E-state index in [1.165, 1.54) is 16.7 Å². The molecule has 2 amide bonds. The first-order valence-corrected chi connectivity index (χ1v) is 9.90. The Morgan fingerprint density at radius 3 is 2.41 bits per heavy atom. The largest absolute Gasteiger partial charge is 0.365 e. The van der Waals surface area contributed by atoms with Gasteiger partial charge in [0.2, 0.25) is 5.91 Å². The van der Waals surface area contributed by atoms with Crippen molar-refractivity contribution in [3.8, 4) is 6.07 Å². The van der Waals surface area contributed by atoms with E-state index in [-0.39, 0.29) is 16.5 Å². The molecule has 1 unspecified atom stereocenters. The van der Waals surface area contributed by atoms with Crippen molar-refractivity contribution in [3.63, 3.8) is 0 Å². The van der Waals surface area contributed by atoms with Gasteiger partial charge in [-0.2, -0.15) is 5.26 Å². The molecular weight excluding hydrogens is 450 g/mol. The third kappa shape index (κ3) is 4.19. The van der Waals surface area contributed by atoms with E-state index in [0.717, 1.165) is 10.0 Å². The van der Waals surface area contributed by atoms with Crippen LogP contribution in [0.2, 0.25) is 5.02 Å². The molecule has 2 N–H and O–H groups in total. The highest BCUT2D eigenvalue weighted by Gasteiger charge is 2.40. The molecule has 27 heavy (non-hydrogen) atoms. The molecule has 1 aliphatic heterocycles. The Kier molecular flexibility index (Phi) is 5.90. The molecule has 1 atom stereocenters. The molecule has 0 spiro atoms. The van der Waals surface area contributed by atoms with Crippen LogP contribution in [-0.4, -0.2) is 17.1 Å². The number of nitriles is 1. The summed E-state index contributed by atoms with van der Waals surface area (Å²) < 4.78 is 0.851. The molecule has 0 aliphatic carbocycles. The predicted molar refractivity (Wildman–Crippen MR) is 110 cm³/mol. The molecule has 0 aromatic heterocycles. The zero-order valence-electron chi connectivity index (χ0n) is 13.9. The maximum absolute atomic E-state index is 13.1. The number of benzene rings is 2. The Hall–Kier alpha value is -2.27. The van der Waals surface area contributed by atoms with Crippen LogP contribution in [0.25, 0.3) is 0 Å². The van der Waals surface area contributed by atoms with E-state index < -0.39 is 11.2 Å². The maximum atomic E-state index is 13.1. The van der Waals surface area contributed by atoms with Gasteiger partial charge in [-0.1, -0.05) is 51.4 Å². The van der Waals surface area contributed by atoms with Crippen molar-refractivity contribution in [1.29, 1.82) is 5.26 Å². The Labute approximate surface area is 173 Å². The standard InChI is InChI=1S/C19H13BrClN3O2S/c20-12-3-7-14(8-4-12)24-18(26)16(9-11-1-5-13(21)6-2-11)27-19(24)15(10-22)17(23)25/h1-8,16H,9H2,(H2,23,25). The monoisotopic (exact) mass is 461 g/mol. The van der Waals surface area contributed by atoms with Crippen molar-refractivity contribution in [3.05, 3.63) is 74.2 Å². The number of nitrogens with two attached hydrogens (primary N) is 1. The van der Waals surface area contributed by atoms with E-state index in [1.54, 1.807) is 36.4 Å². The van der Waals surface area contributed by atoms with Gasteiger partial charge < -0.3 is 5.73 Å². The quantitative estimate of drug-likeness (QED) is 0.549. The minimum Gasteiger partial charge on any atom is -0.365 e. The first kappa shape index (κ1) is 19.5. The smallest absolute Gasteiger partial charge is 0.262 e. The van der Waals surface area contributed by atoms with Crippen LogP contribution in [0.3, 0.4) is 0 Å². The second-order valence-electron chi connectivity index (χ2n) is 5.74. The van der Waals surface area contributed by atoms with Crippen molar-refractivity contribution >= 4 is 56.8 Å².